The van der Waals surface area contributed by atoms with Gasteiger partial charge in [-0.05, 0) is 24.4 Å². The van der Waals surface area contributed by atoms with Crippen molar-refractivity contribution in [3.8, 4) is 11.6 Å². The predicted octanol–water partition coefficient (Wildman–Crippen LogP) is 1.23. The summed E-state index contributed by atoms with van der Waals surface area (Å²) < 4.78 is 20.1. The van der Waals surface area contributed by atoms with E-state index in [0.29, 0.717) is 22.9 Å². The van der Waals surface area contributed by atoms with Crippen LogP contribution >= 0.6 is 12.2 Å². The SMILES string of the molecule is C=CCn1c(-c2ccco2)nn([C@H]2CC(O)(O)[C@@H]3OC[C@H]2O3)c1=S. The van der Waals surface area contributed by atoms with Crippen molar-refractivity contribution in [2.75, 3.05) is 6.61 Å². The standard InChI is InChI=1S/C15H17N3O5S/c1-2-5-17-12(10-4-3-6-21-10)16-18(14(17)24)9-7-15(19,20)13-22-8-11(9)23-13/h2-4,6,9,11,13,19-20H,1,5,7-8H2/t9-,11+,13+/m0/s1. The van der Waals surface area contributed by atoms with Gasteiger partial charge in [-0.2, -0.15) is 0 Å². The van der Waals surface area contributed by atoms with E-state index in [0.717, 1.165) is 0 Å². The Morgan fingerprint density at radius 3 is 3.04 bits per heavy atom. The van der Waals surface area contributed by atoms with E-state index in [-0.39, 0.29) is 19.1 Å². The van der Waals surface area contributed by atoms with Crippen LogP contribution in [0.2, 0.25) is 0 Å². The maximum atomic E-state index is 10.1. The summed E-state index contributed by atoms with van der Waals surface area (Å²) in [6, 6.07) is 3.10. The zero-order valence-electron chi connectivity index (χ0n) is 12.7. The zero-order chi connectivity index (χ0) is 16.9. The molecule has 2 aromatic heterocycles. The first-order valence-corrected chi connectivity index (χ1v) is 7.98. The van der Waals surface area contributed by atoms with Gasteiger partial charge in [0, 0.05) is 13.0 Å². The zero-order valence-corrected chi connectivity index (χ0v) is 13.6. The Kier molecular flexibility index (Phi) is 3.70. The van der Waals surface area contributed by atoms with E-state index in [2.05, 4.69) is 11.7 Å². The van der Waals surface area contributed by atoms with Crippen molar-refractivity contribution in [2.24, 2.45) is 0 Å². The van der Waals surface area contributed by atoms with Crippen molar-refractivity contribution in [3.05, 3.63) is 35.8 Å². The van der Waals surface area contributed by atoms with E-state index in [1.807, 2.05) is 0 Å². The Labute approximate surface area is 142 Å². The molecule has 0 saturated carbocycles. The summed E-state index contributed by atoms with van der Waals surface area (Å²) in [7, 11) is 0. The number of hydrogen-bond donors (Lipinski definition) is 2. The van der Waals surface area contributed by atoms with Gasteiger partial charge in [0.1, 0.15) is 6.10 Å². The maximum absolute atomic E-state index is 10.1. The minimum Gasteiger partial charge on any atom is -0.461 e. The summed E-state index contributed by atoms with van der Waals surface area (Å²) in [5.41, 5.74) is 0. The van der Waals surface area contributed by atoms with Gasteiger partial charge in [0.2, 0.25) is 12.1 Å². The predicted molar refractivity (Wildman–Crippen MR) is 84.4 cm³/mol. The normalized spacial score (nSPS) is 28.2. The fourth-order valence-electron chi connectivity index (χ4n) is 3.15. The van der Waals surface area contributed by atoms with Gasteiger partial charge in [-0.25, -0.2) is 4.68 Å². The lowest BCUT2D eigenvalue weighted by Crippen LogP contribution is -2.50. The van der Waals surface area contributed by atoms with Crippen LogP contribution in [0, 0.1) is 4.77 Å². The van der Waals surface area contributed by atoms with Crippen LogP contribution in [-0.2, 0) is 16.0 Å². The van der Waals surface area contributed by atoms with Crippen LogP contribution in [0.4, 0.5) is 0 Å². The molecule has 0 aliphatic carbocycles. The van der Waals surface area contributed by atoms with Gasteiger partial charge >= 0.3 is 0 Å². The monoisotopic (exact) mass is 351 g/mol. The Hall–Kier alpha value is -1.78. The van der Waals surface area contributed by atoms with Gasteiger partial charge in [-0.1, -0.05) is 6.08 Å². The number of aromatic nitrogens is 3. The molecule has 8 nitrogen and oxygen atoms in total. The fraction of sp³-hybridized carbons (Fsp3) is 0.467. The fourth-order valence-corrected chi connectivity index (χ4v) is 3.49. The van der Waals surface area contributed by atoms with Crippen molar-refractivity contribution in [1.82, 2.24) is 14.3 Å². The van der Waals surface area contributed by atoms with Crippen LogP contribution in [0.5, 0.6) is 0 Å². The topological polar surface area (TPSA) is 94.8 Å². The van der Waals surface area contributed by atoms with Crippen LogP contribution in [0.15, 0.2) is 35.5 Å². The Bertz CT molecular complexity index is 810. The molecule has 0 unspecified atom stereocenters. The Balaban J connectivity index is 1.80. The van der Waals surface area contributed by atoms with E-state index >= 15 is 0 Å². The maximum Gasteiger partial charge on any atom is 0.217 e. The van der Waals surface area contributed by atoms with E-state index in [1.165, 1.54) is 0 Å². The number of rotatable bonds is 4. The van der Waals surface area contributed by atoms with Gasteiger partial charge in [0.05, 0.1) is 18.9 Å². The first-order valence-electron chi connectivity index (χ1n) is 7.57. The first kappa shape index (κ1) is 15.7. The van der Waals surface area contributed by atoms with E-state index in [4.69, 9.17) is 26.1 Å². The molecule has 0 spiro atoms. The average molecular weight is 351 g/mol. The number of ether oxygens (including phenoxy) is 2. The Morgan fingerprint density at radius 2 is 2.33 bits per heavy atom. The number of aliphatic hydroxyl groups is 2. The molecule has 9 heteroatoms. The molecule has 0 aromatic carbocycles. The smallest absolute Gasteiger partial charge is 0.217 e. The van der Waals surface area contributed by atoms with Gasteiger partial charge in [0.25, 0.3) is 0 Å². The number of hydrogen-bond acceptors (Lipinski definition) is 7. The van der Waals surface area contributed by atoms with Crippen molar-refractivity contribution in [2.45, 2.75) is 37.2 Å². The summed E-state index contributed by atoms with van der Waals surface area (Å²) in [5, 5.41) is 24.8. The molecule has 2 aliphatic rings. The average Bonchev–Trinajstić information content (AvgIpc) is 3.25. The third kappa shape index (κ3) is 2.36. The van der Waals surface area contributed by atoms with Crippen molar-refractivity contribution in [3.63, 3.8) is 0 Å². The van der Waals surface area contributed by atoms with E-state index < -0.39 is 18.1 Å². The Morgan fingerprint density at radius 1 is 1.50 bits per heavy atom. The van der Waals surface area contributed by atoms with Crippen LogP contribution in [0.1, 0.15) is 12.5 Å². The third-order valence-corrected chi connectivity index (χ3v) is 4.69. The molecule has 4 rings (SSSR count). The second-order valence-electron chi connectivity index (χ2n) is 5.92. The molecule has 2 fully saturated rings. The van der Waals surface area contributed by atoms with E-state index in [1.54, 1.807) is 33.7 Å². The molecule has 4 heterocycles. The largest absolute Gasteiger partial charge is 0.461 e. The molecule has 0 amide bonds. The summed E-state index contributed by atoms with van der Waals surface area (Å²) in [6.45, 7) is 4.45. The molecule has 2 bridgehead atoms. The minimum absolute atomic E-state index is 0.0132. The molecular formula is C15H17N3O5S. The lowest BCUT2D eigenvalue weighted by Gasteiger charge is -2.36. The second-order valence-corrected chi connectivity index (χ2v) is 6.28. The van der Waals surface area contributed by atoms with Crippen molar-refractivity contribution in [1.29, 1.82) is 0 Å². The second kappa shape index (κ2) is 5.64. The molecule has 3 atom stereocenters. The summed E-state index contributed by atoms with van der Waals surface area (Å²) in [6.07, 6.45) is 1.90. The van der Waals surface area contributed by atoms with Gasteiger partial charge < -0.3 is 24.1 Å². The lowest BCUT2D eigenvalue weighted by molar-refractivity contribution is -0.315. The van der Waals surface area contributed by atoms with Crippen LogP contribution in [-0.4, -0.2) is 49.3 Å². The molecular weight excluding hydrogens is 334 g/mol. The van der Waals surface area contributed by atoms with E-state index in [9.17, 15) is 10.2 Å². The highest BCUT2D eigenvalue weighted by molar-refractivity contribution is 7.71. The lowest BCUT2D eigenvalue weighted by atomic mass is 9.99. The number of fused-ring (bicyclic) bond motifs is 2. The highest BCUT2D eigenvalue weighted by Gasteiger charge is 2.53. The molecule has 2 aliphatic heterocycles. The summed E-state index contributed by atoms with van der Waals surface area (Å²) >= 11 is 5.54. The van der Waals surface area contributed by atoms with Crippen LogP contribution < -0.4 is 0 Å². The summed E-state index contributed by atoms with van der Waals surface area (Å²) in [4.78, 5) is 0. The molecule has 24 heavy (non-hydrogen) atoms. The van der Waals surface area contributed by atoms with Gasteiger partial charge in [0.15, 0.2) is 16.4 Å². The van der Waals surface area contributed by atoms with Gasteiger partial charge in [-0.3, -0.25) is 4.57 Å². The molecule has 128 valence electrons. The molecule has 0 radical (unpaired) electrons. The number of furan rings is 1. The molecule has 2 N–H and O–H groups in total. The van der Waals surface area contributed by atoms with Crippen LogP contribution in [0.3, 0.4) is 0 Å². The van der Waals surface area contributed by atoms with Gasteiger partial charge in [-0.15, -0.1) is 11.7 Å². The van der Waals surface area contributed by atoms with Crippen LogP contribution in [0.25, 0.3) is 11.6 Å². The molecule has 2 aromatic rings. The van der Waals surface area contributed by atoms with Crippen molar-refractivity contribution >= 4 is 12.2 Å². The number of allylic oxidation sites excluding steroid dienone is 1. The quantitative estimate of drug-likeness (QED) is 0.486. The summed E-state index contributed by atoms with van der Waals surface area (Å²) in [5.74, 6) is -0.967. The highest BCUT2D eigenvalue weighted by Crippen LogP contribution is 2.40. The van der Waals surface area contributed by atoms with Crippen molar-refractivity contribution < 1.29 is 24.1 Å². The third-order valence-electron chi connectivity index (χ3n) is 4.28. The minimum atomic E-state index is -2.08. The molecule has 2 saturated heterocycles. The highest BCUT2D eigenvalue weighted by atomic mass is 32.1. The number of nitrogens with zero attached hydrogens (tertiary/aromatic N) is 3. The first-order chi connectivity index (χ1) is 11.5.